The third-order valence-electron chi connectivity index (χ3n) is 6.80. The van der Waals surface area contributed by atoms with Crippen LogP contribution in [0.3, 0.4) is 0 Å². The first-order chi connectivity index (χ1) is 17.0. The van der Waals surface area contributed by atoms with E-state index >= 15 is 0 Å². The molecule has 3 aromatic carbocycles. The lowest BCUT2D eigenvalue weighted by Gasteiger charge is -2.40. The van der Waals surface area contributed by atoms with E-state index in [9.17, 15) is 14.4 Å². The van der Waals surface area contributed by atoms with Crippen LogP contribution in [0.2, 0.25) is 0 Å². The van der Waals surface area contributed by atoms with Crippen molar-refractivity contribution >= 4 is 28.7 Å². The molecule has 0 saturated carbocycles. The number of carbonyl (C=O) groups excluding carboxylic acids is 3. The van der Waals surface area contributed by atoms with Gasteiger partial charge in [-0.15, -0.1) is 0 Å². The van der Waals surface area contributed by atoms with Gasteiger partial charge in [0.05, 0.1) is 12.1 Å². The minimum atomic E-state index is -1.30. The zero-order valence-electron chi connectivity index (χ0n) is 19.6. The van der Waals surface area contributed by atoms with Crippen molar-refractivity contribution in [2.24, 2.45) is 0 Å². The molecule has 0 fully saturated rings. The standard InChI is InChI=1S/C29H25NO5/c1-3-29(20-15-9-6-10-16-20)24(27(32)34-4-2)23-21-17-11-12-18-22(21)30(26(23)35-28(29)33)25(31)19-13-7-5-8-14-19/h5-18,24H,3-4H2,1-2H3/t24-,29-/m1/s1. The highest BCUT2D eigenvalue weighted by molar-refractivity contribution is 6.09. The van der Waals surface area contributed by atoms with Crippen molar-refractivity contribution in [3.05, 3.63) is 102 Å². The summed E-state index contributed by atoms with van der Waals surface area (Å²) in [5.41, 5.74) is 0.866. The second-order valence-corrected chi connectivity index (χ2v) is 8.51. The van der Waals surface area contributed by atoms with Crippen LogP contribution in [0.5, 0.6) is 5.88 Å². The normalized spacial score (nSPS) is 19.1. The second-order valence-electron chi connectivity index (χ2n) is 8.51. The Balaban J connectivity index is 1.85. The molecule has 2 heterocycles. The fourth-order valence-electron chi connectivity index (χ4n) is 5.19. The molecule has 1 aromatic heterocycles. The number of hydrogen-bond acceptors (Lipinski definition) is 5. The summed E-state index contributed by atoms with van der Waals surface area (Å²) in [6, 6.07) is 25.3. The van der Waals surface area contributed by atoms with Crippen LogP contribution < -0.4 is 4.74 Å². The van der Waals surface area contributed by atoms with Crippen LogP contribution in [0, 0.1) is 0 Å². The highest BCUT2D eigenvalue weighted by Gasteiger charge is 2.58. The Labute approximate surface area is 203 Å². The van der Waals surface area contributed by atoms with Gasteiger partial charge in [-0.1, -0.05) is 73.7 Å². The summed E-state index contributed by atoms with van der Waals surface area (Å²) >= 11 is 0. The third-order valence-corrected chi connectivity index (χ3v) is 6.80. The first-order valence-electron chi connectivity index (χ1n) is 11.7. The minimum Gasteiger partial charge on any atom is -0.465 e. The summed E-state index contributed by atoms with van der Waals surface area (Å²) in [4.78, 5) is 41.1. The summed E-state index contributed by atoms with van der Waals surface area (Å²) in [6.07, 6.45) is 0.310. The highest BCUT2D eigenvalue weighted by Crippen LogP contribution is 2.53. The Kier molecular flexibility index (Phi) is 5.73. The predicted octanol–water partition coefficient (Wildman–Crippen LogP) is 5.24. The quantitative estimate of drug-likeness (QED) is 0.375. The summed E-state index contributed by atoms with van der Waals surface area (Å²) in [5, 5.41) is 0.672. The summed E-state index contributed by atoms with van der Waals surface area (Å²) in [5.74, 6) is -2.36. The first kappa shape index (κ1) is 22.6. The van der Waals surface area contributed by atoms with Gasteiger partial charge >= 0.3 is 11.9 Å². The van der Waals surface area contributed by atoms with Crippen LogP contribution in [-0.4, -0.2) is 29.0 Å². The van der Waals surface area contributed by atoms with Crippen molar-refractivity contribution in [3.63, 3.8) is 0 Å². The van der Waals surface area contributed by atoms with Crippen LogP contribution in [0.25, 0.3) is 10.9 Å². The van der Waals surface area contributed by atoms with Crippen LogP contribution >= 0.6 is 0 Å². The molecule has 1 aliphatic heterocycles. The maximum Gasteiger partial charge on any atom is 0.324 e. The van der Waals surface area contributed by atoms with Crippen LogP contribution in [0.1, 0.15) is 47.7 Å². The van der Waals surface area contributed by atoms with Crippen LogP contribution in [0.15, 0.2) is 84.9 Å². The number of para-hydroxylation sites is 1. The van der Waals surface area contributed by atoms with E-state index in [0.29, 0.717) is 34.0 Å². The number of esters is 2. The molecular weight excluding hydrogens is 442 g/mol. The van der Waals surface area contributed by atoms with Gasteiger partial charge in [0.25, 0.3) is 5.91 Å². The van der Waals surface area contributed by atoms with E-state index in [-0.39, 0.29) is 18.4 Å². The highest BCUT2D eigenvalue weighted by atomic mass is 16.6. The Morgan fingerprint density at radius 1 is 0.914 bits per heavy atom. The van der Waals surface area contributed by atoms with Gasteiger partial charge in [0.15, 0.2) is 0 Å². The largest absolute Gasteiger partial charge is 0.465 e. The first-order valence-corrected chi connectivity index (χ1v) is 11.7. The second kappa shape index (κ2) is 8.87. The molecule has 0 aliphatic carbocycles. The maximum atomic E-state index is 13.9. The van der Waals surface area contributed by atoms with E-state index < -0.39 is 23.3 Å². The SMILES string of the molecule is CCOC(=O)[C@H]1c2c(n(C(=O)c3ccccc3)c3ccccc23)OC(=O)[C@]1(CC)c1ccccc1. The molecule has 5 rings (SSSR count). The number of carbonyl (C=O) groups is 3. The molecule has 1 aliphatic rings. The van der Waals surface area contributed by atoms with E-state index in [1.165, 1.54) is 4.57 Å². The van der Waals surface area contributed by atoms with Gasteiger partial charge in [0, 0.05) is 16.5 Å². The van der Waals surface area contributed by atoms with Gasteiger partial charge in [-0.25, -0.2) is 4.57 Å². The van der Waals surface area contributed by atoms with Gasteiger partial charge in [-0.05, 0) is 37.1 Å². The van der Waals surface area contributed by atoms with Crippen molar-refractivity contribution < 1.29 is 23.9 Å². The molecule has 0 unspecified atom stereocenters. The van der Waals surface area contributed by atoms with Crippen LogP contribution in [0.4, 0.5) is 0 Å². The fourth-order valence-corrected chi connectivity index (χ4v) is 5.19. The number of fused-ring (bicyclic) bond motifs is 3. The Hall–Kier alpha value is -4.19. The summed E-state index contributed by atoms with van der Waals surface area (Å²) < 4.78 is 12.9. The summed E-state index contributed by atoms with van der Waals surface area (Å²) in [6.45, 7) is 3.76. The lowest BCUT2D eigenvalue weighted by atomic mass is 9.64. The molecule has 0 N–H and O–H groups in total. The number of benzene rings is 3. The molecule has 0 spiro atoms. The van der Waals surface area contributed by atoms with E-state index in [2.05, 4.69) is 0 Å². The summed E-state index contributed by atoms with van der Waals surface area (Å²) in [7, 11) is 0. The van der Waals surface area contributed by atoms with Gasteiger partial charge in [-0.3, -0.25) is 14.4 Å². The lowest BCUT2D eigenvalue weighted by Crippen LogP contribution is -2.50. The monoisotopic (exact) mass is 467 g/mol. The molecule has 0 saturated heterocycles. The topological polar surface area (TPSA) is 74.6 Å². The lowest BCUT2D eigenvalue weighted by molar-refractivity contribution is -0.156. The molecule has 35 heavy (non-hydrogen) atoms. The number of aromatic nitrogens is 1. The fraction of sp³-hybridized carbons (Fsp3) is 0.207. The van der Waals surface area contributed by atoms with Crippen molar-refractivity contribution in [1.82, 2.24) is 4.57 Å². The van der Waals surface area contributed by atoms with E-state index in [1.54, 1.807) is 37.3 Å². The molecule has 4 aromatic rings. The third kappa shape index (κ3) is 3.36. The van der Waals surface area contributed by atoms with Gasteiger partial charge in [0.2, 0.25) is 5.88 Å². The maximum absolute atomic E-state index is 13.9. The molecule has 6 nitrogen and oxygen atoms in total. The van der Waals surface area contributed by atoms with Crippen molar-refractivity contribution in [2.45, 2.75) is 31.6 Å². The van der Waals surface area contributed by atoms with Gasteiger partial charge in [-0.2, -0.15) is 0 Å². The number of ether oxygens (including phenoxy) is 2. The Bertz CT molecular complexity index is 1420. The molecule has 0 amide bonds. The predicted molar refractivity (Wildman–Crippen MR) is 132 cm³/mol. The van der Waals surface area contributed by atoms with Crippen molar-refractivity contribution in [2.75, 3.05) is 6.61 Å². The van der Waals surface area contributed by atoms with Crippen LogP contribution in [-0.2, 0) is 19.7 Å². The number of nitrogens with zero attached hydrogens (tertiary/aromatic N) is 1. The number of hydrogen-bond donors (Lipinski definition) is 0. The molecule has 6 heteroatoms. The average molecular weight is 468 g/mol. The number of rotatable bonds is 5. The van der Waals surface area contributed by atoms with Gasteiger partial charge in [0.1, 0.15) is 11.3 Å². The molecule has 2 atom stereocenters. The molecule has 176 valence electrons. The van der Waals surface area contributed by atoms with Crippen molar-refractivity contribution in [3.8, 4) is 5.88 Å². The molecule has 0 bridgehead atoms. The zero-order valence-corrected chi connectivity index (χ0v) is 19.6. The van der Waals surface area contributed by atoms with E-state index in [4.69, 9.17) is 9.47 Å². The Morgan fingerprint density at radius 2 is 1.54 bits per heavy atom. The smallest absolute Gasteiger partial charge is 0.324 e. The average Bonchev–Trinajstić information content (AvgIpc) is 3.22. The minimum absolute atomic E-state index is 0.0723. The Morgan fingerprint density at radius 3 is 2.20 bits per heavy atom. The van der Waals surface area contributed by atoms with Gasteiger partial charge < -0.3 is 9.47 Å². The zero-order chi connectivity index (χ0) is 24.6. The van der Waals surface area contributed by atoms with E-state index in [0.717, 1.165) is 0 Å². The molecular formula is C29H25NO5. The van der Waals surface area contributed by atoms with Crippen molar-refractivity contribution in [1.29, 1.82) is 0 Å². The van der Waals surface area contributed by atoms with E-state index in [1.807, 2.05) is 61.5 Å². The molecule has 0 radical (unpaired) electrons.